The predicted molar refractivity (Wildman–Crippen MR) is 77.4 cm³/mol. The highest BCUT2D eigenvalue weighted by atomic mass is 19.1. The Morgan fingerprint density at radius 3 is 2.95 bits per heavy atom. The first-order valence-corrected chi connectivity index (χ1v) is 7.54. The van der Waals surface area contributed by atoms with Crippen LogP contribution >= 0.6 is 0 Å². The number of ether oxygens (including phenoxy) is 1. The van der Waals surface area contributed by atoms with Crippen molar-refractivity contribution in [1.29, 1.82) is 0 Å². The molecule has 110 valence electrons. The summed E-state index contributed by atoms with van der Waals surface area (Å²) >= 11 is 0. The fourth-order valence-corrected chi connectivity index (χ4v) is 3.53. The number of rotatable bonds is 3. The average Bonchev–Trinajstić information content (AvgIpc) is 2.80. The van der Waals surface area contributed by atoms with Crippen molar-refractivity contribution in [3.05, 3.63) is 29.6 Å². The molecule has 1 aromatic rings. The van der Waals surface area contributed by atoms with Gasteiger partial charge in [0.05, 0.1) is 0 Å². The molecule has 2 aliphatic rings. The summed E-state index contributed by atoms with van der Waals surface area (Å²) in [5.74, 6) is 0.647. The Hall–Kier alpha value is -1.13. The summed E-state index contributed by atoms with van der Waals surface area (Å²) in [7, 11) is 2.13. The first-order chi connectivity index (χ1) is 9.63. The molecule has 0 spiro atoms. The zero-order chi connectivity index (χ0) is 14.1. The molecule has 4 heteroatoms. The summed E-state index contributed by atoms with van der Waals surface area (Å²) in [6, 6.07) is 5.50. The van der Waals surface area contributed by atoms with Gasteiger partial charge in [-0.2, -0.15) is 0 Å². The van der Waals surface area contributed by atoms with Gasteiger partial charge in [0.25, 0.3) is 0 Å². The van der Waals surface area contributed by atoms with Crippen LogP contribution in [-0.2, 0) is 6.42 Å². The fourth-order valence-electron chi connectivity index (χ4n) is 3.53. The summed E-state index contributed by atoms with van der Waals surface area (Å²) in [5.41, 5.74) is 7.21. The van der Waals surface area contributed by atoms with Crippen molar-refractivity contribution in [2.24, 2.45) is 5.73 Å². The van der Waals surface area contributed by atoms with E-state index in [1.807, 2.05) is 0 Å². The van der Waals surface area contributed by atoms with E-state index in [9.17, 15) is 4.39 Å². The molecular weight excluding hydrogens is 255 g/mol. The van der Waals surface area contributed by atoms with Crippen LogP contribution in [0.2, 0.25) is 0 Å². The van der Waals surface area contributed by atoms with Crippen LogP contribution < -0.4 is 10.5 Å². The highest BCUT2D eigenvalue weighted by Crippen LogP contribution is 2.30. The van der Waals surface area contributed by atoms with Gasteiger partial charge in [0.2, 0.25) is 0 Å². The maximum atomic E-state index is 13.2. The Labute approximate surface area is 119 Å². The number of halogens is 1. The largest absolute Gasteiger partial charge is 0.488 e. The molecule has 1 aromatic carbocycles. The minimum absolute atomic E-state index is 0.117. The monoisotopic (exact) mass is 278 g/mol. The topological polar surface area (TPSA) is 38.5 Å². The van der Waals surface area contributed by atoms with Crippen molar-refractivity contribution in [3.8, 4) is 5.75 Å². The van der Waals surface area contributed by atoms with Gasteiger partial charge in [0.1, 0.15) is 17.7 Å². The third-order valence-corrected chi connectivity index (χ3v) is 4.60. The molecule has 0 amide bonds. The summed E-state index contributed by atoms with van der Waals surface area (Å²) in [6.07, 6.45) is 5.71. The number of likely N-dealkylation sites (N-methyl/N-ethyl adjacent to an activating group) is 1. The van der Waals surface area contributed by atoms with Crippen LogP contribution in [0.15, 0.2) is 18.2 Å². The zero-order valence-corrected chi connectivity index (χ0v) is 12.0. The van der Waals surface area contributed by atoms with E-state index < -0.39 is 0 Å². The second-order valence-electron chi connectivity index (χ2n) is 6.15. The summed E-state index contributed by atoms with van der Waals surface area (Å²) in [4.78, 5) is 2.33. The van der Waals surface area contributed by atoms with Crippen LogP contribution in [0.25, 0.3) is 0 Å². The molecule has 20 heavy (non-hydrogen) atoms. The molecule has 2 N–H and O–H groups in total. The molecule has 1 fully saturated rings. The number of fused-ring (bicyclic) bond motifs is 1. The number of nitrogens with zero attached hydrogens (tertiary/aromatic N) is 1. The van der Waals surface area contributed by atoms with Crippen LogP contribution in [0.1, 0.15) is 31.2 Å². The van der Waals surface area contributed by atoms with Crippen LogP contribution in [0.4, 0.5) is 4.39 Å². The van der Waals surface area contributed by atoms with E-state index in [4.69, 9.17) is 10.5 Å². The van der Waals surface area contributed by atoms with E-state index in [1.165, 1.54) is 25.3 Å². The van der Waals surface area contributed by atoms with Crippen LogP contribution in [0, 0.1) is 5.82 Å². The molecule has 0 aromatic heterocycles. The third-order valence-electron chi connectivity index (χ3n) is 4.60. The highest BCUT2D eigenvalue weighted by molar-refractivity contribution is 5.37. The number of hydrogen-bond acceptors (Lipinski definition) is 3. The molecule has 1 saturated carbocycles. The number of benzene rings is 1. The first kappa shape index (κ1) is 13.8. The van der Waals surface area contributed by atoms with E-state index in [-0.39, 0.29) is 18.0 Å². The fraction of sp³-hybridized carbons (Fsp3) is 0.625. The van der Waals surface area contributed by atoms with E-state index in [2.05, 4.69) is 11.9 Å². The van der Waals surface area contributed by atoms with Crippen molar-refractivity contribution in [3.63, 3.8) is 0 Å². The van der Waals surface area contributed by atoms with Crippen molar-refractivity contribution < 1.29 is 9.13 Å². The molecule has 3 rings (SSSR count). The second kappa shape index (κ2) is 5.70. The Morgan fingerprint density at radius 1 is 1.35 bits per heavy atom. The summed E-state index contributed by atoms with van der Waals surface area (Å²) in [6.45, 7) is 0.856. The van der Waals surface area contributed by atoms with Crippen LogP contribution in [-0.4, -0.2) is 36.7 Å². The Bertz CT molecular complexity index is 480. The van der Waals surface area contributed by atoms with Crippen molar-refractivity contribution in [1.82, 2.24) is 4.90 Å². The Kier molecular flexibility index (Phi) is 3.94. The minimum Gasteiger partial charge on any atom is -0.488 e. The van der Waals surface area contributed by atoms with Gasteiger partial charge in [-0.05, 0) is 38.1 Å². The van der Waals surface area contributed by atoms with Crippen molar-refractivity contribution >= 4 is 0 Å². The third kappa shape index (κ3) is 2.81. The van der Waals surface area contributed by atoms with E-state index in [0.29, 0.717) is 6.04 Å². The molecule has 1 heterocycles. The summed E-state index contributed by atoms with van der Waals surface area (Å²) in [5, 5.41) is 0. The molecular formula is C16H23FN2O. The lowest BCUT2D eigenvalue weighted by Gasteiger charge is -2.37. The second-order valence-corrected chi connectivity index (χ2v) is 6.15. The SMILES string of the molecule is CN(CC1Cc2cc(F)ccc2O1)C1CCCCC1N. The van der Waals surface area contributed by atoms with E-state index >= 15 is 0 Å². The van der Waals surface area contributed by atoms with E-state index in [1.54, 1.807) is 12.1 Å². The van der Waals surface area contributed by atoms with Gasteiger partial charge in [-0.15, -0.1) is 0 Å². The normalized spacial score (nSPS) is 29.3. The molecule has 0 saturated heterocycles. The lowest BCUT2D eigenvalue weighted by Crippen LogP contribution is -2.50. The van der Waals surface area contributed by atoms with Crippen molar-refractivity contribution in [2.45, 2.75) is 50.3 Å². The molecule has 0 bridgehead atoms. The van der Waals surface area contributed by atoms with Gasteiger partial charge >= 0.3 is 0 Å². The van der Waals surface area contributed by atoms with Gasteiger partial charge < -0.3 is 10.5 Å². The van der Waals surface area contributed by atoms with Crippen LogP contribution in [0.5, 0.6) is 5.75 Å². The number of nitrogens with two attached hydrogens (primary N) is 1. The van der Waals surface area contributed by atoms with E-state index in [0.717, 1.165) is 30.7 Å². The number of hydrogen-bond donors (Lipinski definition) is 1. The van der Waals surface area contributed by atoms with Gasteiger partial charge in [0, 0.05) is 30.6 Å². The molecule has 3 nitrogen and oxygen atoms in total. The maximum Gasteiger partial charge on any atom is 0.123 e. The van der Waals surface area contributed by atoms with Gasteiger partial charge in [-0.25, -0.2) is 4.39 Å². The van der Waals surface area contributed by atoms with Gasteiger partial charge in [-0.1, -0.05) is 12.8 Å². The van der Waals surface area contributed by atoms with Gasteiger partial charge in [-0.3, -0.25) is 4.90 Å². The lowest BCUT2D eigenvalue weighted by atomic mass is 9.90. The smallest absolute Gasteiger partial charge is 0.123 e. The maximum absolute atomic E-state index is 13.2. The first-order valence-electron chi connectivity index (χ1n) is 7.54. The van der Waals surface area contributed by atoms with Crippen LogP contribution in [0.3, 0.4) is 0 Å². The molecule has 1 aliphatic carbocycles. The average molecular weight is 278 g/mol. The Morgan fingerprint density at radius 2 is 2.15 bits per heavy atom. The highest BCUT2D eigenvalue weighted by Gasteiger charge is 2.30. The molecule has 3 unspecified atom stereocenters. The molecule has 0 radical (unpaired) electrons. The zero-order valence-electron chi connectivity index (χ0n) is 12.0. The molecule has 1 aliphatic heterocycles. The molecule has 3 atom stereocenters. The summed E-state index contributed by atoms with van der Waals surface area (Å²) < 4.78 is 19.1. The standard InChI is InChI=1S/C16H23FN2O/c1-19(15-5-3-2-4-14(15)18)10-13-9-11-8-12(17)6-7-16(11)20-13/h6-8,13-15H,2-5,9-10,18H2,1H3. The lowest BCUT2D eigenvalue weighted by molar-refractivity contribution is 0.109. The quantitative estimate of drug-likeness (QED) is 0.922. The predicted octanol–water partition coefficient (Wildman–Crippen LogP) is 2.33. The van der Waals surface area contributed by atoms with Gasteiger partial charge in [0.15, 0.2) is 0 Å². The minimum atomic E-state index is -0.185. The Balaban J connectivity index is 1.59. The van der Waals surface area contributed by atoms with Crippen molar-refractivity contribution in [2.75, 3.05) is 13.6 Å².